The topological polar surface area (TPSA) is 51.5 Å². The van der Waals surface area contributed by atoms with Crippen LogP contribution < -0.4 is 10.1 Å². The van der Waals surface area contributed by atoms with Crippen molar-refractivity contribution in [3.8, 4) is 5.75 Å². The third-order valence-corrected chi connectivity index (χ3v) is 3.78. The van der Waals surface area contributed by atoms with Crippen molar-refractivity contribution in [2.75, 3.05) is 5.32 Å². The van der Waals surface area contributed by atoms with Crippen LogP contribution >= 0.6 is 23.2 Å². The molecule has 24 heavy (non-hydrogen) atoms. The molecule has 1 amide bonds. The van der Waals surface area contributed by atoms with E-state index in [0.29, 0.717) is 27.2 Å². The Kier molecular flexibility index (Phi) is 5.08. The molecular weight excluding hydrogens is 349 g/mol. The first-order chi connectivity index (χ1) is 11.6. The lowest BCUT2D eigenvalue weighted by molar-refractivity contribution is 0.0992. The third-order valence-electron chi connectivity index (χ3n) is 3.20. The zero-order chi connectivity index (χ0) is 16.9. The monoisotopic (exact) mass is 361 g/mol. The smallest absolute Gasteiger partial charge is 0.291 e. The number of halogens is 2. The molecule has 122 valence electrons. The van der Waals surface area contributed by atoms with Gasteiger partial charge in [-0.2, -0.15) is 0 Å². The predicted molar refractivity (Wildman–Crippen MR) is 93.9 cm³/mol. The molecule has 4 nitrogen and oxygen atoms in total. The Morgan fingerprint density at radius 2 is 1.75 bits per heavy atom. The van der Waals surface area contributed by atoms with Gasteiger partial charge in [0.1, 0.15) is 18.1 Å². The van der Waals surface area contributed by atoms with Crippen LogP contribution in [0.15, 0.2) is 65.1 Å². The number of amides is 1. The molecule has 1 N–H and O–H groups in total. The lowest BCUT2D eigenvalue weighted by atomic mass is 10.3. The van der Waals surface area contributed by atoms with Crippen LogP contribution in [0.3, 0.4) is 0 Å². The van der Waals surface area contributed by atoms with E-state index in [2.05, 4.69) is 5.32 Å². The number of ether oxygens (including phenoxy) is 1. The predicted octanol–water partition coefficient (Wildman–Crippen LogP) is 5.42. The van der Waals surface area contributed by atoms with Crippen molar-refractivity contribution in [2.45, 2.75) is 6.61 Å². The number of rotatable bonds is 5. The van der Waals surface area contributed by atoms with E-state index in [-0.39, 0.29) is 18.3 Å². The van der Waals surface area contributed by atoms with Crippen LogP contribution in [0.2, 0.25) is 10.0 Å². The highest BCUT2D eigenvalue weighted by molar-refractivity contribution is 6.33. The summed E-state index contributed by atoms with van der Waals surface area (Å²) >= 11 is 11.8. The number of para-hydroxylation sites is 1. The minimum atomic E-state index is -0.374. The SMILES string of the molecule is O=C(Nc1ccccc1Cl)c1ccc(COc2ccc(Cl)cc2)o1. The van der Waals surface area contributed by atoms with E-state index in [1.54, 1.807) is 60.7 Å². The first-order valence-corrected chi connectivity index (χ1v) is 7.90. The van der Waals surface area contributed by atoms with Gasteiger partial charge in [-0.25, -0.2) is 0 Å². The van der Waals surface area contributed by atoms with Crippen molar-refractivity contribution in [3.63, 3.8) is 0 Å². The van der Waals surface area contributed by atoms with Gasteiger partial charge in [0, 0.05) is 5.02 Å². The van der Waals surface area contributed by atoms with Gasteiger partial charge >= 0.3 is 0 Å². The van der Waals surface area contributed by atoms with Crippen LogP contribution in [0.4, 0.5) is 5.69 Å². The number of anilines is 1. The van der Waals surface area contributed by atoms with Crippen LogP contribution in [0.25, 0.3) is 0 Å². The van der Waals surface area contributed by atoms with Crippen LogP contribution in [0.1, 0.15) is 16.3 Å². The van der Waals surface area contributed by atoms with Gasteiger partial charge in [0.05, 0.1) is 10.7 Å². The lowest BCUT2D eigenvalue weighted by Gasteiger charge is -2.05. The molecule has 0 unspecified atom stereocenters. The van der Waals surface area contributed by atoms with E-state index in [9.17, 15) is 4.79 Å². The van der Waals surface area contributed by atoms with Gasteiger partial charge in [-0.05, 0) is 48.5 Å². The summed E-state index contributed by atoms with van der Waals surface area (Å²) in [5.74, 6) is 1.01. The molecule has 0 bridgehead atoms. The molecule has 0 radical (unpaired) electrons. The summed E-state index contributed by atoms with van der Waals surface area (Å²) < 4.78 is 11.1. The maximum Gasteiger partial charge on any atom is 0.291 e. The third kappa shape index (κ3) is 4.10. The normalized spacial score (nSPS) is 10.4. The van der Waals surface area contributed by atoms with E-state index in [1.165, 1.54) is 0 Å². The Bertz CT molecular complexity index is 843. The summed E-state index contributed by atoms with van der Waals surface area (Å²) in [6.07, 6.45) is 0. The van der Waals surface area contributed by atoms with Gasteiger partial charge in [-0.3, -0.25) is 4.79 Å². The summed E-state index contributed by atoms with van der Waals surface area (Å²) in [5.41, 5.74) is 0.527. The fourth-order valence-corrected chi connectivity index (χ4v) is 2.32. The first-order valence-electron chi connectivity index (χ1n) is 7.15. The van der Waals surface area contributed by atoms with Crippen molar-refractivity contribution in [1.29, 1.82) is 0 Å². The van der Waals surface area contributed by atoms with E-state index < -0.39 is 0 Å². The highest BCUT2D eigenvalue weighted by Crippen LogP contribution is 2.22. The van der Waals surface area contributed by atoms with Crippen molar-refractivity contribution < 1.29 is 13.9 Å². The van der Waals surface area contributed by atoms with E-state index >= 15 is 0 Å². The largest absolute Gasteiger partial charge is 0.486 e. The van der Waals surface area contributed by atoms with Crippen LogP contribution in [-0.2, 0) is 6.61 Å². The van der Waals surface area contributed by atoms with Crippen molar-refractivity contribution in [3.05, 3.63) is 82.2 Å². The molecular formula is C18H13Cl2NO3. The highest BCUT2D eigenvalue weighted by Gasteiger charge is 2.13. The quantitative estimate of drug-likeness (QED) is 0.660. The maximum absolute atomic E-state index is 12.2. The second-order valence-corrected chi connectivity index (χ2v) is 5.79. The summed E-state index contributed by atoms with van der Waals surface area (Å²) in [6.45, 7) is 0.209. The van der Waals surface area contributed by atoms with Crippen LogP contribution in [-0.4, -0.2) is 5.91 Å². The average Bonchev–Trinajstić information content (AvgIpc) is 3.06. The zero-order valence-electron chi connectivity index (χ0n) is 12.5. The van der Waals surface area contributed by atoms with Gasteiger partial charge < -0.3 is 14.5 Å². The number of furan rings is 1. The summed E-state index contributed by atoms with van der Waals surface area (Å²) in [5, 5.41) is 3.80. The number of hydrogen-bond acceptors (Lipinski definition) is 3. The number of carbonyl (C=O) groups excluding carboxylic acids is 1. The highest BCUT2D eigenvalue weighted by atomic mass is 35.5. The van der Waals surface area contributed by atoms with Crippen LogP contribution in [0, 0.1) is 0 Å². The molecule has 0 saturated carbocycles. The standard InChI is InChI=1S/C18H13Cl2NO3/c19-12-5-7-13(8-6-12)23-11-14-9-10-17(24-14)18(22)21-16-4-2-1-3-15(16)20/h1-10H,11H2,(H,21,22). The van der Waals surface area contributed by atoms with E-state index in [0.717, 1.165) is 0 Å². The van der Waals surface area contributed by atoms with Crippen molar-refractivity contribution >= 4 is 34.8 Å². The van der Waals surface area contributed by atoms with Gasteiger partial charge in [0.25, 0.3) is 5.91 Å². The molecule has 3 rings (SSSR count). The molecule has 0 atom stereocenters. The molecule has 0 aliphatic rings. The summed E-state index contributed by atoms with van der Waals surface area (Å²) in [7, 11) is 0. The van der Waals surface area contributed by atoms with Gasteiger partial charge in [-0.15, -0.1) is 0 Å². The molecule has 0 aliphatic heterocycles. The summed E-state index contributed by atoms with van der Waals surface area (Å²) in [4.78, 5) is 12.2. The molecule has 3 aromatic rings. The maximum atomic E-state index is 12.2. The van der Waals surface area contributed by atoms with Gasteiger partial charge in [-0.1, -0.05) is 35.3 Å². The average molecular weight is 362 g/mol. The summed E-state index contributed by atoms with van der Waals surface area (Å²) in [6, 6.07) is 17.3. The molecule has 1 heterocycles. The van der Waals surface area contributed by atoms with Gasteiger partial charge in [0.2, 0.25) is 0 Å². The molecule has 6 heteroatoms. The first kappa shape index (κ1) is 16.4. The minimum absolute atomic E-state index is 0.185. The molecule has 0 saturated heterocycles. The second-order valence-electron chi connectivity index (χ2n) is 4.94. The Labute approximate surface area is 149 Å². The van der Waals surface area contributed by atoms with Crippen LogP contribution in [0.5, 0.6) is 5.75 Å². The van der Waals surface area contributed by atoms with Crippen molar-refractivity contribution in [1.82, 2.24) is 0 Å². The minimum Gasteiger partial charge on any atom is -0.486 e. The zero-order valence-corrected chi connectivity index (χ0v) is 14.0. The Morgan fingerprint density at radius 3 is 2.50 bits per heavy atom. The fraction of sp³-hybridized carbons (Fsp3) is 0.0556. The molecule has 0 spiro atoms. The Balaban J connectivity index is 1.61. The molecule has 1 aromatic heterocycles. The van der Waals surface area contributed by atoms with Gasteiger partial charge in [0.15, 0.2) is 5.76 Å². The Morgan fingerprint density at radius 1 is 1.00 bits per heavy atom. The number of hydrogen-bond donors (Lipinski definition) is 1. The molecule has 2 aromatic carbocycles. The second kappa shape index (κ2) is 7.43. The van der Waals surface area contributed by atoms with E-state index in [4.69, 9.17) is 32.4 Å². The number of benzene rings is 2. The fourth-order valence-electron chi connectivity index (χ4n) is 2.01. The Hall–Kier alpha value is -2.43. The molecule has 0 fully saturated rings. The number of nitrogens with one attached hydrogen (secondary N) is 1. The number of carbonyl (C=O) groups is 1. The molecule has 0 aliphatic carbocycles. The van der Waals surface area contributed by atoms with E-state index in [1.807, 2.05) is 0 Å². The lowest BCUT2D eigenvalue weighted by Crippen LogP contribution is -2.11. The van der Waals surface area contributed by atoms with Crippen molar-refractivity contribution in [2.24, 2.45) is 0 Å².